The van der Waals surface area contributed by atoms with Gasteiger partial charge < -0.3 is 10.0 Å². The van der Waals surface area contributed by atoms with Gasteiger partial charge in [-0.15, -0.1) is 0 Å². The quantitative estimate of drug-likeness (QED) is 0.628. The van der Waals surface area contributed by atoms with Gasteiger partial charge in [0.15, 0.2) is 0 Å². The van der Waals surface area contributed by atoms with Crippen molar-refractivity contribution in [1.29, 1.82) is 0 Å². The van der Waals surface area contributed by atoms with Crippen LogP contribution in [0.25, 0.3) is 0 Å². The Bertz CT molecular complexity index is 376. The standard InChI is InChI=1S/C11H15F2NO2/c1-9(2,3)5-6-10(16)8(15)14(4)7-11(10,12)13/h16H,7H2,1-4H3. The van der Waals surface area contributed by atoms with Crippen LogP contribution >= 0.6 is 0 Å². The monoisotopic (exact) mass is 231 g/mol. The van der Waals surface area contributed by atoms with Crippen LogP contribution in [0.5, 0.6) is 0 Å². The van der Waals surface area contributed by atoms with E-state index < -0.39 is 29.4 Å². The Balaban J connectivity index is 3.16. The van der Waals surface area contributed by atoms with Crippen LogP contribution in [0, 0.1) is 17.3 Å². The second-order valence-corrected chi connectivity index (χ2v) is 5.08. The number of carbonyl (C=O) groups excluding carboxylic acids is 1. The van der Waals surface area contributed by atoms with Crippen LogP contribution in [0.15, 0.2) is 0 Å². The molecular formula is C11H15F2NO2. The van der Waals surface area contributed by atoms with Gasteiger partial charge in [0.1, 0.15) is 0 Å². The fourth-order valence-electron chi connectivity index (χ4n) is 1.34. The summed E-state index contributed by atoms with van der Waals surface area (Å²) in [5, 5.41) is 9.71. The normalized spacial score (nSPS) is 28.9. The van der Waals surface area contributed by atoms with Crippen molar-refractivity contribution >= 4 is 5.91 Å². The van der Waals surface area contributed by atoms with Crippen LogP contribution in [-0.2, 0) is 4.79 Å². The van der Waals surface area contributed by atoms with Crippen molar-refractivity contribution in [3.05, 3.63) is 0 Å². The van der Waals surface area contributed by atoms with Crippen LogP contribution in [0.3, 0.4) is 0 Å². The first kappa shape index (κ1) is 12.9. The molecule has 1 aliphatic rings. The van der Waals surface area contributed by atoms with E-state index in [2.05, 4.69) is 5.92 Å². The number of aliphatic hydroxyl groups is 1. The molecule has 0 aromatic heterocycles. The molecule has 1 aliphatic heterocycles. The van der Waals surface area contributed by atoms with Crippen molar-refractivity contribution < 1.29 is 18.7 Å². The second kappa shape index (κ2) is 3.42. The van der Waals surface area contributed by atoms with Gasteiger partial charge in [-0.25, -0.2) is 0 Å². The Morgan fingerprint density at radius 3 is 2.25 bits per heavy atom. The van der Waals surface area contributed by atoms with Crippen LogP contribution in [0.2, 0.25) is 0 Å². The maximum atomic E-state index is 13.5. The summed E-state index contributed by atoms with van der Waals surface area (Å²) in [5.74, 6) is -0.0615. The van der Waals surface area contributed by atoms with E-state index in [4.69, 9.17) is 0 Å². The molecule has 1 fully saturated rings. The number of amides is 1. The lowest BCUT2D eigenvalue weighted by molar-refractivity contribution is -0.153. The zero-order valence-corrected chi connectivity index (χ0v) is 9.77. The molecular weight excluding hydrogens is 216 g/mol. The third-order valence-corrected chi connectivity index (χ3v) is 2.24. The van der Waals surface area contributed by atoms with Crippen molar-refractivity contribution in [2.75, 3.05) is 13.6 Å². The summed E-state index contributed by atoms with van der Waals surface area (Å²) in [5.41, 5.74) is -3.43. The molecule has 1 unspecified atom stereocenters. The van der Waals surface area contributed by atoms with Crippen molar-refractivity contribution in [2.45, 2.75) is 32.3 Å². The number of hydrogen-bond acceptors (Lipinski definition) is 2. The van der Waals surface area contributed by atoms with E-state index in [1.54, 1.807) is 20.8 Å². The van der Waals surface area contributed by atoms with Crippen LogP contribution < -0.4 is 0 Å². The summed E-state index contributed by atoms with van der Waals surface area (Å²) in [6, 6.07) is 0. The summed E-state index contributed by atoms with van der Waals surface area (Å²) in [4.78, 5) is 12.2. The van der Waals surface area contributed by atoms with Crippen molar-refractivity contribution in [3.63, 3.8) is 0 Å². The molecule has 1 amide bonds. The highest BCUT2D eigenvalue weighted by Gasteiger charge is 2.64. The van der Waals surface area contributed by atoms with E-state index in [9.17, 15) is 18.7 Å². The number of hydrogen-bond donors (Lipinski definition) is 1. The van der Waals surface area contributed by atoms with Gasteiger partial charge in [-0.05, 0) is 20.8 Å². The molecule has 0 spiro atoms. The SMILES string of the molecule is CN1CC(F)(F)C(O)(C#CC(C)(C)C)C1=O. The minimum atomic E-state index is -3.53. The molecule has 1 atom stereocenters. The fourth-order valence-corrected chi connectivity index (χ4v) is 1.34. The van der Waals surface area contributed by atoms with E-state index in [-0.39, 0.29) is 0 Å². The van der Waals surface area contributed by atoms with Crippen molar-refractivity contribution in [2.24, 2.45) is 5.41 Å². The Morgan fingerprint density at radius 1 is 1.44 bits per heavy atom. The Labute approximate surface area is 93.4 Å². The molecule has 5 heteroatoms. The Hall–Kier alpha value is -1.15. The summed E-state index contributed by atoms with van der Waals surface area (Å²) in [6.07, 6.45) is 0. The maximum Gasteiger partial charge on any atom is 0.313 e. The minimum absolute atomic E-state index is 0.548. The Morgan fingerprint density at radius 2 is 1.94 bits per heavy atom. The molecule has 0 aromatic carbocycles. The van der Waals surface area contributed by atoms with Crippen molar-refractivity contribution in [1.82, 2.24) is 4.90 Å². The first-order chi connectivity index (χ1) is 7.00. The molecule has 16 heavy (non-hydrogen) atoms. The summed E-state index contributed by atoms with van der Waals surface area (Å²) < 4.78 is 26.9. The lowest BCUT2D eigenvalue weighted by Crippen LogP contribution is -2.49. The predicted molar refractivity (Wildman–Crippen MR) is 54.8 cm³/mol. The molecule has 0 aliphatic carbocycles. The third-order valence-electron chi connectivity index (χ3n) is 2.24. The average Bonchev–Trinajstić information content (AvgIpc) is 2.23. The van der Waals surface area contributed by atoms with E-state index >= 15 is 0 Å². The number of likely N-dealkylation sites (tertiary alicyclic amines) is 1. The van der Waals surface area contributed by atoms with Gasteiger partial charge in [0.25, 0.3) is 11.5 Å². The highest BCUT2D eigenvalue weighted by Crippen LogP contribution is 2.36. The first-order valence-electron chi connectivity index (χ1n) is 4.90. The Kier molecular flexibility index (Phi) is 2.76. The molecule has 1 N–H and O–H groups in total. The largest absolute Gasteiger partial charge is 0.365 e. The zero-order valence-electron chi connectivity index (χ0n) is 9.77. The van der Waals surface area contributed by atoms with E-state index in [1.807, 2.05) is 5.92 Å². The van der Waals surface area contributed by atoms with Gasteiger partial charge in [-0.2, -0.15) is 8.78 Å². The molecule has 0 aromatic rings. The summed E-state index contributed by atoms with van der Waals surface area (Å²) in [6.45, 7) is 4.33. The smallest absolute Gasteiger partial charge is 0.313 e. The minimum Gasteiger partial charge on any atom is -0.365 e. The number of halogens is 2. The van der Waals surface area contributed by atoms with Gasteiger partial charge in [-0.1, -0.05) is 11.8 Å². The summed E-state index contributed by atoms with van der Waals surface area (Å²) in [7, 11) is 1.22. The molecule has 1 saturated heterocycles. The highest BCUT2D eigenvalue weighted by molar-refractivity contribution is 5.92. The number of rotatable bonds is 0. The van der Waals surface area contributed by atoms with Gasteiger partial charge in [0.05, 0.1) is 6.54 Å². The molecule has 1 heterocycles. The van der Waals surface area contributed by atoms with Crippen LogP contribution in [-0.4, -0.2) is 41.0 Å². The molecule has 0 radical (unpaired) electrons. The lowest BCUT2D eigenvalue weighted by Gasteiger charge is -2.20. The maximum absolute atomic E-state index is 13.5. The summed E-state index contributed by atoms with van der Waals surface area (Å²) >= 11 is 0. The molecule has 0 bridgehead atoms. The molecule has 90 valence electrons. The van der Waals surface area contributed by atoms with E-state index in [0.717, 1.165) is 4.90 Å². The first-order valence-corrected chi connectivity index (χ1v) is 4.90. The van der Waals surface area contributed by atoms with Crippen LogP contribution in [0.4, 0.5) is 8.78 Å². The van der Waals surface area contributed by atoms with E-state index in [1.165, 1.54) is 7.05 Å². The predicted octanol–water partition coefficient (Wildman–Crippen LogP) is 0.874. The third kappa shape index (κ3) is 2.03. The average molecular weight is 231 g/mol. The molecule has 3 nitrogen and oxygen atoms in total. The van der Waals surface area contributed by atoms with Gasteiger partial charge in [-0.3, -0.25) is 4.79 Å². The number of nitrogens with zero attached hydrogens (tertiary/aromatic N) is 1. The lowest BCUT2D eigenvalue weighted by atomic mass is 9.93. The molecule has 0 saturated carbocycles. The second-order valence-electron chi connectivity index (χ2n) is 5.08. The molecule has 1 rings (SSSR count). The number of alkyl halides is 2. The highest BCUT2D eigenvalue weighted by atomic mass is 19.3. The van der Waals surface area contributed by atoms with Gasteiger partial charge in [0.2, 0.25) is 0 Å². The van der Waals surface area contributed by atoms with Crippen LogP contribution in [0.1, 0.15) is 20.8 Å². The van der Waals surface area contributed by atoms with Gasteiger partial charge in [0, 0.05) is 12.5 Å². The van der Waals surface area contributed by atoms with E-state index in [0.29, 0.717) is 0 Å². The zero-order chi connectivity index (χ0) is 12.8. The van der Waals surface area contributed by atoms with Gasteiger partial charge >= 0.3 is 5.92 Å². The topological polar surface area (TPSA) is 40.5 Å². The number of carbonyl (C=O) groups is 1. The fraction of sp³-hybridized carbons (Fsp3) is 0.727. The van der Waals surface area contributed by atoms with Crippen molar-refractivity contribution in [3.8, 4) is 11.8 Å². The number of likely N-dealkylation sites (N-methyl/N-ethyl adjacent to an activating group) is 1.